The number of nitrogens with one attached hydrogen (secondary N) is 1. The van der Waals surface area contributed by atoms with Gasteiger partial charge in [0.15, 0.2) is 5.78 Å². The lowest BCUT2D eigenvalue weighted by atomic mass is 9.90. The molecule has 1 aromatic rings. The van der Waals surface area contributed by atoms with Gasteiger partial charge in [0.1, 0.15) is 0 Å². The van der Waals surface area contributed by atoms with Crippen molar-refractivity contribution < 1.29 is 19.1 Å². The largest absolute Gasteiger partial charge is 0.466 e. The maximum Gasteiger partial charge on any atom is 0.313 e. The summed E-state index contributed by atoms with van der Waals surface area (Å²) < 4.78 is 5.19. The average Bonchev–Trinajstić information content (AvgIpc) is 2.59. The van der Waals surface area contributed by atoms with Gasteiger partial charge in [-0.25, -0.2) is 0 Å². The van der Waals surface area contributed by atoms with Gasteiger partial charge in [0.05, 0.1) is 25.1 Å². The Morgan fingerprint density at radius 3 is 2.58 bits per heavy atom. The fourth-order valence-corrected chi connectivity index (χ4v) is 3.41. The lowest BCUT2D eigenvalue weighted by molar-refractivity contribution is -0.145. The molecule has 26 heavy (non-hydrogen) atoms. The van der Waals surface area contributed by atoms with E-state index in [-0.39, 0.29) is 36.0 Å². The average molecular weight is 360 g/mol. The van der Waals surface area contributed by atoms with Gasteiger partial charge in [0.25, 0.3) is 0 Å². The van der Waals surface area contributed by atoms with Crippen molar-refractivity contribution >= 4 is 23.3 Å². The summed E-state index contributed by atoms with van der Waals surface area (Å²) in [5.74, 6) is -0.719. The molecule has 0 saturated carbocycles. The molecule has 142 valence electrons. The lowest BCUT2D eigenvalue weighted by Crippen LogP contribution is -2.48. The Bertz CT molecular complexity index is 672. The monoisotopic (exact) mass is 360 g/mol. The van der Waals surface area contributed by atoms with Crippen molar-refractivity contribution in [3.8, 4) is 0 Å². The van der Waals surface area contributed by atoms with E-state index >= 15 is 0 Å². The number of hydrogen-bond acceptors (Lipinski definition) is 5. The molecule has 0 radical (unpaired) electrons. The molecule has 0 aliphatic carbocycles. The molecule has 2 atom stereocenters. The quantitative estimate of drug-likeness (QED) is 0.755. The van der Waals surface area contributed by atoms with Gasteiger partial charge in [-0.15, -0.1) is 0 Å². The van der Waals surface area contributed by atoms with Crippen LogP contribution >= 0.6 is 0 Å². The van der Waals surface area contributed by atoms with E-state index in [2.05, 4.69) is 5.32 Å². The SMILES string of the molecule is CCOC(=O)[C@@H]1CCN(CC(=O)N[C@@H](C(C)=O)C(C)C)c2ccccc21. The molecule has 6 nitrogen and oxygen atoms in total. The first kappa shape index (κ1) is 19.9. The van der Waals surface area contributed by atoms with Crippen LogP contribution in [0.2, 0.25) is 0 Å². The minimum Gasteiger partial charge on any atom is -0.466 e. The van der Waals surface area contributed by atoms with Crippen molar-refractivity contribution in [2.45, 2.75) is 46.1 Å². The number of rotatable bonds is 7. The summed E-state index contributed by atoms with van der Waals surface area (Å²) in [6, 6.07) is 7.13. The summed E-state index contributed by atoms with van der Waals surface area (Å²) in [6.07, 6.45) is 0.601. The van der Waals surface area contributed by atoms with E-state index in [1.807, 2.05) is 43.0 Å². The van der Waals surface area contributed by atoms with E-state index in [1.54, 1.807) is 6.92 Å². The molecular formula is C20H28N2O4. The summed E-state index contributed by atoms with van der Waals surface area (Å²) in [6.45, 7) is 8.20. The van der Waals surface area contributed by atoms with E-state index in [9.17, 15) is 14.4 Å². The molecule has 0 fully saturated rings. The zero-order chi connectivity index (χ0) is 19.3. The molecule has 0 unspecified atom stereocenters. The van der Waals surface area contributed by atoms with Crippen LogP contribution in [0.3, 0.4) is 0 Å². The second-order valence-corrected chi connectivity index (χ2v) is 6.97. The number of benzene rings is 1. The number of carbonyl (C=O) groups is 3. The number of Topliss-reactive ketones (excluding diaryl/α,β-unsaturated/α-hetero) is 1. The molecular weight excluding hydrogens is 332 g/mol. The Hall–Kier alpha value is -2.37. The molecule has 0 spiro atoms. The Morgan fingerprint density at radius 2 is 1.96 bits per heavy atom. The van der Waals surface area contributed by atoms with Crippen LogP contribution in [0.4, 0.5) is 5.69 Å². The molecule has 0 bridgehead atoms. The number of para-hydroxylation sites is 1. The Kier molecular flexibility index (Phi) is 6.77. The van der Waals surface area contributed by atoms with Gasteiger partial charge < -0.3 is 15.0 Å². The number of fused-ring (bicyclic) bond motifs is 1. The van der Waals surface area contributed by atoms with E-state index in [0.717, 1.165) is 11.3 Å². The van der Waals surface area contributed by atoms with Crippen LogP contribution in [0.15, 0.2) is 24.3 Å². The van der Waals surface area contributed by atoms with E-state index in [0.29, 0.717) is 19.6 Å². The van der Waals surface area contributed by atoms with Crippen LogP contribution in [0, 0.1) is 5.92 Å². The predicted octanol–water partition coefficient (Wildman–Crippen LogP) is 2.27. The number of hydrogen-bond donors (Lipinski definition) is 1. The summed E-state index contributed by atoms with van der Waals surface area (Å²) in [7, 11) is 0. The Morgan fingerprint density at radius 1 is 1.27 bits per heavy atom. The van der Waals surface area contributed by atoms with Gasteiger partial charge >= 0.3 is 5.97 Å². The highest BCUT2D eigenvalue weighted by Gasteiger charge is 2.32. The van der Waals surface area contributed by atoms with Gasteiger partial charge in [-0.3, -0.25) is 14.4 Å². The molecule has 1 aliphatic heterocycles. The number of anilines is 1. The third-order valence-electron chi connectivity index (χ3n) is 4.67. The van der Waals surface area contributed by atoms with Crippen molar-refractivity contribution in [1.82, 2.24) is 5.32 Å². The summed E-state index contributed by atoms with van der Waals surface area (Å²) in [5.41, 5.74) is 1.76. The second kappa shape index (κ2) is 8.83. The first-order valence-corrected chi connectivity index (χ1v) is 9.15. The minimum absolute atomic E-state index is 0.0401. The van der Waals surface area contributed by atoms with Crippen LogP contribution in [-0.2, 0) is 19.1 Å². The second-order valence-electron chi connectivity index (χ2n) is 6.97. The summed E-state index contributed by atoms with van der Waals surface area (Å²) in [5, 5.41) is 2.83. The van der Waals surface area contributed by atoms with Crippen LogP contribution in [0.25, 0.3) is 0 Å². The van der Waals surface area contributed by atoms with Gasteiger partial charge in [-0.05, 0) is 37.8 Å². The number of nitrogens with zero attached hydrogens (tertiary/aromatic N) is 1. The van der Waals surface area contributed by atoms with E-state index < -0.39 is 6.04 Å². The molecule has 0 aromatic heterocycles. The molecule has 1 aromatic carbocycles. The van der Waals surface area contributed by atoms with Crippen LogP contribution < -0.4 is 10.2 Å². The van der Waals surface area contributed by atoms with Crippen LogP contribution in [0.1, 0.15) is 45.6 Å². The third-order valence-corrected chi connectivity index (χ3v) is 4.67. The molecule has 1 amide bonds. The summed E-state index contributed by atoms with van der Waals surface area (Å²) in [4.78, 5) is 38.4. The van der Waals surface area contributed by atoms with Crippen molar-refractivity contribution in [3.05, 3.63) is 29.8 Å². The predicted molar refractivity (Wildman–Crippen MR) is 100 cm³/mol. The Balaban J connectivity index is 2.13. The van der Waals surface area contributed by atoms with E-state index in [4.69, 9.17) is 4.74 Å². The van der Waals surface area contributed by atoms with Gasteiger partial charge in [0.2, 0.25) is 5.91 Å². The number of ether oxygens (including phenoxy) is 1. The smallest absolute Gasteiger partial charge is 0.313 e. The maximum atomic E-state index is 12.5. The molecule has 1 heterocycles. The number of carbonyl (C=O) groups excluding carboxylic acids is 3. The molecule has 6 heteroatoms. The minimum atomic E-state index is -0.477. The molecule has 1 N–H and O–H groups in total. The highest BCUT2D eigenvalue weighted by molar-refractivity contribution is 5.90. The van der Waals surface area contributed by atoms with Crippen molar-refractivity contribution in [2.75, 3.05) is 24.6 Å². The van der Waals surface area contributed by atoms with Crippen LogP contribution in [-0.4, -0.2) is 43.4 Å². The van der Waals surface area contributed by atoms with Gasteiger partial charge in [0, 0.05) is 12.2 Å². The molecule has 1 aliphatic rings. The summed E-state index contributed by atoms with van der Waals surface area (Å²) >= 11 is 0. The van der Waals surface area contributed by atoms with Crippen molar-refractivity contribution in [1.29, 1.82) is 0 Å². The first-order valence-electron chi connectivity index (χ1n) is 9.15. The first-order chi connectivity index (χ1) is 12.3. The third kappa shape index (κ3) is 4.62. The zero-order valence-corrected chi connectivity index (χ0v) is 16.0. The van der Waals surface area contributed by atoms with Gasteiger partial charge in [-0.2, -0.15) is 0 Å². The van der Waals surface area contributed by atoms with Crippen molar-refractivity contribution in [3.63, 3.8) is 0 Å². The highest BCUT2D eigenvalue weighted by atomic mass is 16.5. The number of esters is 1. The normalized spacial score (nSPS) is 17.4. The molecule has 0 saturated heterocycles. The number of ketones is 1. The topological polar surface area (TPSA) is 75.7 Å². The lowest BCUT2D eigenvalue weighted by Gasteiger charge is -2.34. The zero-order valence-electron chi connectivity index (χ0n) is 16.0. The standard InChI is InChI=1S/C20H28N2O4/c1-5-26-20(25)16-10-11-22(17-9-7-6-8-15(16)17)12-18(24)21-19(13(2)3)14(4)23/h6-9,13,16,19H,5,10-12H2,1-4H3,(H,21,24)/t16-,19-/m1/s1. The van der Waals surface area contributed by atoms with Gasteiger partial charge in [-0.1, -0.05) is 32.0 Å². The highest BCUT2D eigenvalue weighted by Crippen LogP contribution is 2.35. The maximum absolute atomic E-state index is 12.5. The van der Waals surface area contributed by atoms with Crippen LogP contribution in [0.5, 0.6) is 0 Å². The number of amides is 1. The fourth-order valence-electron chi connectivity index (χ4n) is 3.41. The molecule has 2 rings (SSSR count). The van der Waals surface area contributed by atoms with E-state index in [1.165, 1.54) is 6.92 Å². The fraction of sp³-hybridized carbons (Fsp3) is 0.550. The Labute approximate surface area is 154 Å². The van der Waals surface area contributed by atoms with Crippen molar-refractivity contribution in [2.24, 2.45) is 5.92 Å².